The van der Waals surface area contributed by atoms with Crippen molar-refractivity contribution < 1.29 is 58.2 Å². The molecule has 12 nitrogen and oxygen atoms in total. The summed E-state index contributed by atoms with van der Waals surface area (Å²) < 4.78 is 28.3. The highest BCUT2D eigenvalue weighted by atomic mass is 16.7. The number of hydrogen-bond donors (Lipinski definition) is 3. The summed E-state index contributed by atoms with van der Waals surface area (Å²) in [6, 6.07) is 0. The van der Waals surface area contributed by atoms with Crippen LogP contribution in [0.25, 0.3) is 0 Å². The van der Waals surface area contributed by atoms with Gasteiger partial charge < -0.3 is 39.0 Å². The van der Waals surface area contributed by atoms with E-state index in [2.05, 4.69) is 124 Å². The Labute approximate surface area is 490 Å². The van der Waals surface area contributed by atoms with Gasteiger partial charge in [-0.05, 0) is 109 Å². The fourth-order valence-corrected chi connectivity index (χ4v) is 8.52. The molecule has 1 aliphatic rings. The van der Waals surface area contributed by atoms with Crippen molar-refractivity contribution in [1.82, 2.24) is 0 Å². The summed E-state index contributed by atoms with van der Waals surface area (Å²) in [7, 11) is 0. The predicted molar refractivity (Wildman–Crippen MR) is 330 cm³/mol. The third-order valence-corrected chi connectivity index (χ3v) is 13.2. The Morgan fingerprint density at radius 1 is 0.420 bits per heavy atom. The number of rotatable bonds is 51. The molecule has 0 aromatic carbocycles. The van der Waals surface area contributed by atoms with Crippen molar-refractivity contribution in [3.05, 3.63) is 134 Å². The summed E-state index contributed by atoms with van der Waals surface area (Å²) in [4.78, 5) is 51.2. The summed E-state index contributed by atoms with van der Waals surface area (Å²) in [5, 5.41) is 31.5. The summed E-state index contributed by atoms with van der Waals surface area (Å²) in [6.07, 6.45) is 65.9. The van der Waals surface area contributed by atoms with Crippen LogP contribution in [0.1, 0.15) is 226 Å². The minimum Gasteiger partial charge on any atom is -0.479 e. The van der Waals surface area contributed by atoms with Gasteiger partial charge in [0.2, 0.25) is 0 Å². The fourth-order valence-electron chi connectivity index (χ4n) is 8.52. The molecule has 6 atom stereocenters. The van der Waals surface area contributed by atoms with Crippen molar-refractivity contribution >= 4 is 23.9 Å². The van der Waals surface area contributed by atoms with Crippen LogP contribution in [0.4, 0.5) is 0 Å². The first-order valence-corrected chi connectivity index (χ1v) is 31.2. The third kappa shape index (κ3) is 45.1. The van der Waals surface area contributed by atoms with E-state index in [1.54, 1.807) is 0 Å². The van der Waals surface area contributed by atoms with Crippen molar-refractivity contribution in [2.75, 3.05) is 13.2 Å². The van der Waals surface area contributed by atoms with E-state index in [-0.39, 0.29) is 25.9 Å². The molecular weight excluding hydrogens is 1020 g/mol. The first-order chi connectivity index (χ1) is 39.6. The Kier molecular flexibility index (Phi) is 50.5. The Bertz CT molecular complexity index is 1920. The number of carbonyl (C=O) groups excluding carboxylic acids is 3. The highest BCUT2D eigenvalue weighted by Crippen LogP contribution is 2.26. The van der Waals surface area contributed by atoms with Gasteiger partial charge in [-0.25, -0.2) is 4.79 Å². The van der Waals surface area contributed by atoms with Crippen LogP contribution in [0.15, 0.2) is 134 Å². The van der Waals surface area contributed by atoms with Crippen LogP contribution in [-0.2, 0) is 42.9 Å². The number of carboxylic acid groups (broad SMARTS) is 1. The number of allylic oxidation sites excluding steroid dienone is 22. The molecule has 0 aliphatic carbocycles. The second kappa shape index (κ2) is 55.4. The molecule has 1 rings (SSSR count). The van der Waals surface area contributed by atoms with Gasteiger partial charge in [-0.2, -0.15) is 0 Å². The predicted octanol–water partition coefficient (Wildman–Crippen LogP) is 16.6. The number of carbonyl (C=O) groups is 4. The monoisotopic (exact) mass is 1130 g/mol. The number of carboxylic acids is 1. The zero-order valence-electron chi connectivity index (χ0n) is 50.2. The molecule has 1 saturated heterocycles. The molecule has 0 spiro atoms. The highest BCUT2D eigenvalue weighted by molar-refractivity contribution is 5.74. The largest absolute Gasteiger partial charge is 0.479 e. The van der Waals surface area contributed by atoms with Gasteiger partial charge >= 0.3 is 23.9 Å². The molecule has 1 fully saturated rings. The van der Waals surface area contributed by atoms with Gasteiger partial charge in [0.1, 0.15) is 18.8 Å². The van der Waals surface area contributed by atoms with Gasteiger partial charge in [-0.15, -0.1) is 0 Å². The third-order valence-electron chi connectivity index (χ3n) is 13.2. The summed E-state index contributed by atoms with van der Waals surface area (Å²) >= 11 is 0. The number of aliphatic carboxylic acids is 1. The summed E-state index contributed by atoms with van der Waals surface area (Å²) in [6.45, 7) is 5.66. The second-order valence-electron chi connectivity index (χ2n) is 20.6. The first kappa shape index (κ1) is 73.9. The Balaban J connectivity index is 2.73. The number of unbranched alkanes of at least 4 members (excludes halogenated alkanes) is 15. The van der Waals surface area contributed by atoms with Crippen molar-refractivity contribution in [3.8, 4) is 0 Å². The topological polar surface area (TPSA) is 175 Å². The molecule has 3 N–H and O–H groups in total. The summed E-state index contributed by atoms with van der Waals surface area (Å²) in [5.41, 5.74) is 0. The molecule has 0 aromatic rings. The lowest BCUT2D eigenvalue weighted by Crippen LogP contribution is -2.61. The van der Waals surface area contributed by atoms with Crippen molar-refractivity contribution in [3.63, 3.8) is 0 Å². The smallest absolute Gasteiger partial charge is 0.335 e. The maximum Gasteiger partial charge on any atom is 0.335 e. The zero-order chi connectivity index (χ0) is 58.9. The molecule has 0 radical (unpaired) electrons. The molecule has 1 aliphatic heterocycles. The van der Waals surface area contributed by atoms with Crippen LogP contribution in [-0.4, -0.2) is 89.2 Å². The number of esters is 3. The van der Waals surface area contributed by atoms with Crippen LogP contribution in [0.3, 0.4) is 0 Å². The van der Waals surface area contributed by atoms with Gasteiger partial charge in [-0.3, -0.25) is 14.4 Å². The number of aliphatic hydroxyl groups is 2. The van der Waals surface area contributed by atoms with Crippen LogP contribution in [0.2, 0.25) is 0 Å². The number of ether oxygens (including phenoxy) is 5. The van der Waals surface area contributed by atoms with Gasteiger partial charge in [-0.1, -0.05) is 231 Å². The highest BCUT2D eigenvalue weighted by Gasteiger charge is 2.50. The molecule has 0 saturated carbocycles. The number of aliphatic hydroxyl groups excluding tert-OH is 2. The van der Waals surface area contributed by atoms with Crippen LogP contribution in [0, 0.1) is 0 Å². The van der Waals surface area contributed by atoms with Crippen LogP contribution in [0.5, 0.6) is 0 Å². The average Bonchev–Trinajstić information content (AvgIpc) is 3.54. The van der Waals surface area contributed by atoms with E-state index in [0.29, 0.717) is 32.1 Å². The van der Waals surface area contributed by atoms with Crippen LogP contribution >= 0.6 is 0 Å². The SMILES string of the molecule is CC/C=C\C/C=C\C/C=C\C/C=C\C/C=C\C/C=C\CCC(=O)OC1C(OCC(COC(=O)CCCCCCCCCCC/C=C\CCCCCCCC)OC(=O)CC/C=C\C/C=C\C/C=C\C/C=C\CC)OC(C(=O)O)C(O)C1O. The lowest BCUT2D eigenvalue weighted by molar-refractivity contribution is -0.301. The standard InChI is InChI=1S/C69H108O12/c1-4-7-10-13-16-19-22-25-27-29-31-33-35-38-40-43-46-49-52-55-61(70)77-58-60(79-62(71)56-53-50-47-44-41-37-24-21-18-15-12-9-6-3)59-78-69-67(65(74)64(73)66(81-69)68(75)76)80-63(72)57-54-51-48-45-42-39-36-34-32-30-28-26-23-20-17-14-11-8-5-2/h8-9,11-12,17-18,20-21,25-28,32,34,37,39,41-42,47-48,50-51,60,64-67,69,73-74H,4-7,10,13-16,19,22-24,29-31,33,35-36,38,40,43-46,49,52-59H2,1-3H3,(H,75,76)/b11-8-,12-9-,20-17-,21-18-,27-25-,28-26-,34-32-,41-37-,42-39-,50-47-,51-48-. The average molecular weight is 1130 g/mol. The van der Waals surface area contributed by atoms with E-state index in [4.69, 9.17) is 23.7 Å². The molecule has 6 unspecified atom stereocenters. The van der Waals surface area contributed by atoms with E-state index >= 15 is 0 Å². The van der Waals surface area contributed by atoms with E-state index in [9.17, 15) is 34.5 Å². The van der Waals surface area contributed by atoms with Gasteiger partial charge in [0, 0.05) is 19.3 Å². The molecule has 0 amide bonds. The van der Waals surface area contributed by atoms with Crippen molar-refractivity contribution in [2.24, 2.45) is 0 Å². The van der Waals surface area contributed by atoms with E-state index in [1.807, 2.05) is 30.4 Å². The molecule has 1 heterocycles. The van der Waals surface area contributed by atoms with Crippen LogP contribution < -0.4 is 0 Å². The maximum absolute atomic E-state index is 13.1. The van der Waals surface area contributed by atoms with E-state index in [0.717, 1.165) is 77.0 Å². The Hall–Kier alpha value is -5.14. The molecule has 456 valence electrons. The Morgan fingerprint density at radius 2 is 0.802 bits per heavy atom. The normalized spacial score (nSPS) is 18.7. The van der Waals surface area contributed by atoms with Gasteiger partial charge in [0.25, 0.3) is 0 Å². The fraction of sp³-hybridized carbons (Fsp3) is 0.623. The zero-order valence-corrected chi connectivity index (χ0v) is 50.2. The van der Waals surface area contributed by atoms with Gasteiger partial charge in [0.15, 0.2) is 24.6 Å². The maximum atomic E-state index is 13.1. The quantitative estimate of drug-likeness (QED) is 0.0228. The first-order valence-electron chi connectivity index (χ1n) is 31.2. The Morgan fingerprint density at radius 3 is 1.23 bits per heavy atom. The lowest BCUT2D eigenvalue weighted by atomic mass is 9.98. The van der Waals surface area contributed by atoms with E-state index in [1.165, 1.54) is 77.0 Å². The molecule has 81 heavy (non-hydrogen) atoms. The second-order valence-corrected chi connectivity index (χ2v) is 20.6. The van der Waals surface area contributed by atoms with Gasteiger partial charge in [0.05, 0.1) is 6.61 Å². The minimum atomic E-state index is -1.95. The number of hydrogen-bond acceptors (Lipinski definition) is 11. The molecular formula is C69H108O12. The molecule has 0 aromatic heterocycles. The molecule has 12 heteroatoms. The van der Waals surface area contributed by atoms with Crippen molar-refractivity contribution in [1.29, 1.82) is 0 Å². The molecule has 0 bridgehead atoms. The lowest BCUT2D eigenvalue weighted by Gasteiger charge is -2.40. The summed E-state index contributed by atoms with van der Waals surface area (Å²) in [5.74, 6) is -3.36. The minimum absolute atomic E-state index is 0.0261. The van der Waals surface area contributed by atoms with Crippen molar-refractivity contribution in [2.45, 2.75) is 263 Å². The van der Waals surface area contributed by atoms with E-state index < -0.39 is 67.3 Å².